The first-order valence-electron chi connectivity index (χ1n) is 9.67. The van der Waals surface area contributed by atoms with Crippen LogP contribution in [0.5, 0.6) is 0 Å². The molecule has 0 radical (unpaired) electrons. The molecule has 142 valence electrons. The van der Waals surface area contributed by atoms with Gasteiger partial charge in [0.15, 0.2) is 0 Å². The van der Waals surface area contributed by atoms with Crippen molar-refractivity contribution in [2.24, 2.45) is 5.92 Å². The molecule has 3 rings (SSSR count). The number of pyridine rings is 1. The largest absolute Gasteiger partial charge is 0.304 e. The van der Waals surface area contributed by atoms with E-state index in [-0.39, 0.29) is 11.6 Å². The lowest BCUT2D eigenvalue weighted by molar-refractivity contribution is 0.408. The molecule has 0 saturated heterocycles. The van der Waals surface area contributed by atoms with E-state index >= 15 is 0 Å². The summed E-state index contributed by atoms with van der Waals surface area (Å²) < 4.78 is 1.60. The quantitative estimate of drug-likeness (QED) is 0.695. The monoisotopic (exact) mass is 363 g/mol. The van der Waals surface area contributed by atoms with Crippen molar-refractivity contribution in [2.45, 2.75) is 53.1 Å². The van der Waals surface area contributed by atoms with Crippen molar-refractivity contribution < 1.29 is 0 Å². The topological polar surface area (TPSA) is 46.4 Å². The van der Waals surface area contributed by atoms with E-state index in [9.17, 15) is 4.79 Å². The average Bonchev–Trinajstić information content (AvgIpc) is 2.62. The smallest absolute Gasteiger partial charge is 0.258 e. The van der Waals surface area contributed by atoms with Gasteiger partial charge in [-0.25, -0.2) is 4.98 Å². The fourth-order valence-corrected chi connectivity index (χ4v) is 3.39. The summed E-state index contributed by atoms with van der Waals surface area (Å²) in [6.07, 6.45) is 1.83. The lowest BCUT2D eigenvalue weighted by atomic mass is 9.93. The Hall–Kier alpha value is -2.46. The first kappa shape index (κ1) is 19.3. The van der Waals surface area contributed by atoms with Crippen LogP contribution in [0, 0.1) is 12.8 Å². The van der Waals surface area contributed by atoms with Crippen molar-refractivity contribution >= 4 is 5.65 Å². The molecule has 2 aromatic heterocycles. The predicted molar refractivity (Wildman–Crippen MR) is 111 cm³/mol. The lowest BCUT2D eigenvalue weighted by Gasteiger charge is -2.23. The summed E-state index contributed by atoms with van der Waals surface area (Å²) in [6, 6.07) is 14.5. The molecule has 2 heterocycles. The molecule has 0 saturated carbocycles. The van der Waals surface area contributed by atoms with Gasteiger partial charge in [-0.3, -0.25) is 9.20 Å². The molecule has 0 aliphatic heterocycles. The van der Waals surface area contributed by atoms with E-state index in [1.54, 1.807) is 10.5 Å². The van der Waals surface area contributed by atoms with Gasteiger partial charge in [0.1, 0.15) is 5.65 Å². The van der Waals surface area contributed by atoms with Crippen LogP contribution in [-0.4, -0.2) is 9.38 Å². The third-order valence-corrected chi connectivity index (χ3v) is 4.99. The zero-order valence-electron chi connectivity index (χ0n) is 16.9. The van der Waals surface area contributed by atoms with E-state index < -0.39 is 0 Å². The van der Waals surface area contributed by atoms with Crippen LogP contribution in [0.3, 0.4) is 0 Å². The Morgan fingerprint density at radius 2 is 1.67 bits per heavy atom. The molecule has 0 aliphatic carbocycles. The summed E-state index contributed by atoms with van der Waals surface area (Å²) in [6.45, 7) is 11.4. The van der Waals surface area contributed by atoms with Crippen molar-refractivity contribution in [2.75, 3.05) is 0 Å². The van der Waals surface area contributed by atoms with Gasteiger partial charge in [0.05, 0.1) is 5.69 Å². The number of hydrogen-bond acceptors (Lipinski definition) is 3. The number of hydrogen-bond donors (Lipinski definition) is 1. The molecule has 0 fully saturated rings. The number of aryl methyl sites for hydroxylation is 1. The highest BCUT2D eigenvalue weighted by Crippen LogP contribution is 2.24. The van der Waals surface area contributed by atoms with Crippen molar-refractivity contribution in [3.63, 3.8) is 0 Å². The van der Waals surface area contributed by atoms with Gasteiger partial charge in [0.25, 0.3) is 5.56 Å². The summed E-state index contributed by atoms with van der Waals surface area (Å²) in [5.41, 5.74) is 5.08. The van der Waals surface area contributed by atoms with Gasteiger partial charge >= 0.3 is 0 Å². The Morgan fingerprint density at radius 3 is 2.30 bits per heavy atom. The molecular weight excluding hydrogens is 334 g/mol. The molecule has 0 spiro atoms. The standard InChI is InChI=1S/C23H29N3O/c1-15(2)18-7-9-19(10-8-18)23(16(3)4)24-13-20-12-22(27)26-14-17(5)6-11-21(26)25-20/h6-12,14-16,23-24H,13H2,1-5H3/t23-/m0/s1. The fourth-order valence-electron chi connectivity index (χ4n) is 3.39. The van der Waals surface area contributed by atoms with Gasteiger partial charge < -0.3 is 5.32 Å². The molecule has 1 aromatic carbocycles. The highest BCUT2D eigenvalue weighted by Gasteiger charge is 2.16. The second-order valence-electron chi connectivity index (χ2n) is 7.94. The minimum Gasteiger partial charge on any atom is -0.304 e. The Kier molecular flexibility index (Phi) is 5.76. The van der Waals surface area contributed by atoms with Gasteiger partial charge in [-0.1, -0.05) is 58.0 Å². The third-order valence-electron chi connectivity index (χ3n) is 4.99. The van der Waals surface area contributed by atoms with Crippen LogP contribution in [0.2, 0.25) is 0 Å². The van der Waals surface area contributed by atoms with E-state index in [0.717, 1.165) is 11.3 Å². The highest BCUT2D eigenvalue weighted by molar-refractivity contribution is 5.40. The lowest BCUT2D eigenvalue weighted by Crippen LogP contribution is -2.27. The van der Waals surface area contributed by atoms with E-state index in [1.165, 1.54) is 11.1 Å². The SMILES string of the molecule is Cc1ccc2nc(CN[C@H](c3ccc(C(C)C)cc3)C(C)C)cc(=O)n2c1. The van der Waals surface area contributed by atoms with Crippen molar-refractivity contribution in [1.29, 1.82) is 0 Å². The molecule has 0 amide bonds. The van der Waals surface area contributed by atoms with Crippen LogP contribution in [0.25, 0.3) is 5.65 Å². The Bertz CT molecular complexity index is 971. The summed E-state index contributed by atoms with van der Waals surface area (Å²) in [7, 11) is 0. The second kappa shape index (κ2) is 8.05. The molecule has 1 atom stereocenters. The number of rotatable bonds is 6. The van der Waals surface area contributed by atoms with Gasteiger partial charge in [-0.05, 0) is 41.5 Å². The third kappa shape index (κ3) is 4.45. The molecule has 0 unspecified atom stereocenters. The van der Waals surface area contributed by atoms with E-state index in [2.05, 4.69) is 62.3 Å². The first-order valence-corrected chi connectivity index (χ1v) is 9.67. The summed E-state index contributed by atoms with van der Waals surface area (Å²) in [5, 5.41) is 3.59. The maximum Gasteiger partial charge on any atom is 0.258 e. The van der Waals surface area contributed by atoms with E-state index in [1.807, 2.05) is 25.3 Å². The maximum atomic E-state index is 12.4. The van der Waals surface area contributed by atoms with Crippen LogP contribution >= 0.6 is 0 Å². The second-order valence-corrected chi connectivity index (χ2v) is 7.94. The van der Waals surface area contributed by atoms with Crippen LogP contribution in [0.4, 0.5) is 0 Å². The highest BCUT2D eigenvalue weighted by atomic mass is 16.1. The normalized spacial score (nSPS) is 12.9. The molecule has 1 N–H and O–H groups in total. The Balaban J connectivity index is 1.81. The summed E-state index contributed by atoms with van der Waals surface area (Å²) in [4.78, 5) is 17.0. The molecule has 27 heavy (non-hydrogen) atoms. The Morgan fingerprint density at radius 1 is 1.00 bits per heavy atom. The van der Waals surface area contributed by atoms with Crippen LogP contribution in [0.15, 0.2) is 53.5 Å². The summed E-state index contributed by atoms with van der Waals surface area (Å²) in [5.74, 6) is 0.960. The number of aromatic nitrogens is 2. The van der Waals surface area contributed by atoms with E-state index in [4.69, 9.17) is 0 Å². The minimum absolute atomic E-state index is 0.0390. The molecule has 0 aliphatic rings. The van der Waals surface area contributed by atoms with Crippen LogP contribution in [-0.2, 0) is 6.54 Å². The van der Waals surface area contributed by atoms with Gasteiger partial charge in [-0.15, -0.1) is 0 Å². The fraction of sp³-hybridized carbons (Fsp3) is 0.391. The number of benzene rings is 1. The van der Waals surface area contributed by atoms with E-state index in [0.29, 0.717) is 24.0 Å². The van der Waals surface area contributed by atoms with Gasteiger partial charge in [0, 0.05) is 24.8 Å². The van der Waals surface area contributed by atoms with Crippen molar-refractivity contribution in [3.05, 3.63) is 81.4 Å². The van der Waals surface area contributed by atoms with Crippen molar-refractivity contribution in [1.82, 2.24) is 14.7 Å². The number of nitrogens with zero attached hydrogens (tertiary/aromatic N) is 2. The molecule has 0 bridgehead atoms. The van der Waals surface area contributed by atoms with Gasteiger partial charge in [0.2, 0.25) is 0 Å². The number of nitrogens with one attached hydrogen (secondary N) is 1. The van der Waals surface area contributed by atoms with Crippen LogP contribution in [0.1, 0.15) is 62.0 Å². The minimum atomic E-state index is -0.0390. The van der Waals surface area contributed by atoms with Crippen LogP contribution < -0.4 is 10.9 Å². The molecular formula is C23H29N3O. The Labute approximate surface area is 161 Å². The summed E-state index contributed by atoms with van der Waals surface area (Å²) >= 11 is 0. The molecule has 3 aromatic rings. The average molecular weight is 364 g/mol. The molecule has 4 nitrogen and oxygen atoms in total. The number of fused-ring (bicyclic) bond motifs is 1. The maximum absolute atomic E-state index is 12.4. The zero-order chi connectivity index (χ0) is 19.6. The zero-order valence-corrected chi connectivity index (χ0v) is 16.9. The first-order chi connectivity index (χ1) is 12.8. The van der Waals surface area contributed by atoms with Gasteiger partial charge in [-0.2, -0.15) is 0 Å². The molecule has 4 heteroatoms. The van der Waals surface area contributed by atoms with Crippen molar-refractivity contribution in [3.8, 4) is 0 Å². The predicted octanol–water partition coefficient (Wildman–Crippen LogP) is 4.61.